The summed E-state index contributed by atoms with van der Waals surface area (Å²) >= 11 is 0. The molecule has 6 rings (SSSR count). The number of carbonyl (C=O) groups excluding carboxylic acids is 1. The topological polar surface area (TPSA) is 84.2 Å². The number of hydrogen-bond donors (Lipinski definition) is 2. The van der Waals surface area contributed by atoms with Gasteiger partial charge < -0.3 is 15.0 Å². The number of pyridine rings is 1. The van der Waals surface area contributed by atoms with Crippen molar-refractivity contribution in [1.29, 1.82) is 0 Å². The second-order valence-corrected chi connectivity index (χ2v) is 11.0. The predicted molar refractivity (Wildman–Crippen MR) is 161 cm³/mol. The lowest BCUT2D eigenvalue weighted by molar-refractivity contribution is 0.0697. The van der Waals surface area contributed by atoms with E-state index in [9.17, 15) is 14.7 Å². The first-order valence-corrected chi connectivity index (χ1v) is 14.1. The van der Waals surface area contributed by atoms with Gasteiger partial charge in [-0.25, -0.2) is 4.79 Å². The van der Waals surface area contributed by atoms with Gasteiger partial charge in [0.25, 0.3) is 5.91 Å². The van der Waals surface area contributed by atoms with Crippen molar-refractivity contribution in [3.8, 4) is 11.1 Å². The Morgan fingerprint density at radius 2 is 1.73 bits per heavy atom. The number of rotatable bonds is 8. The minimum atomic E-state index is -0.934. The number of fused-ring (bicyclic) bond motifs is 1. The van der Waals surface area contributed by atoms with Crippen LogP contribution in [0.4, 0.5) is 0 Å². The predicted octanol–water partition coefficient (Wildman–Crippen LogP) is 7.44. The lowest BCUT2D eigenvalue weighted by Crippen LogP contribution is -2.27. The molecule has 6 heteroatoms. The fraction of sp³-hybridized carbons (Fsp3) is 0.229. The lowest BCUT2D eigenvalue weighted by atomic mass is 9.99. The standard InChI is InChI=1S/C35H33N3O3/c1-21-23(3)38(20-24-11-13-25(14-12-24)28-7-4-5-8-29(28)35(40)41)33-18-17-27(19-30(21)33)34(39)36-22(2)31-9-6-10-32(37-31)26-15-16-26/h4-14,17-19,22,26H,15-16,20H2,1-3H3,(H,36,39)(H,40,41)/t22-/m0/s1. The molecule has 0 radical (unpaired) electrons. The van der Waals surface area contributed by atoms with Crippen LogP contribution < -0.4 is 5.32 Å². The molecule has 0 unspecified atom stereocenters. The minimum absolute atomic E-state index is 0.111. The first kappa shape index (κ1) is 26.5. The molecule has 41 heavy (non-hydrogen) atoms. The first-order valence-electron chi connectivity index (χ1n) is 14.1. The normalized spacial score (nSPS) is 13.7. The Morgan fingerprint density at radius 3 is 2.46 bits per heavy atom. The minimum Gasteiger partial charge on any atom is -0.478 e. The van der Waals surface area contributed by atoms with Gasteiger partial charge in [-0.3, -0.25) is 9.78 Å². The van der Waals surface area contributed by atoms with Crippen molar-refractivity contribution in [2.24, 2.45) is 0 Å². The Morgan fingerprint density at radius 1 is 0.976 bits per heavy atom. The van der Waals surface area contributed by atoms with Gasteiger partial charge in [-0.1, -0.05) is 48.5 Å². The molecule has 0 saturated heterocycles. The van der Waals surface area contributed by atoms with Gasteiger partial charge in [-0.2, -0.15) is 0 Å². The van der Waals surface area contributed by atoms with E-state index in [2.05, 4.69) is 29.8 Å². The molecule has 2 N–H and O–H groups in total. The van der Waals surface area contributed by atoms with Crippen molar-refractivity contribution in [3.63, 3.8) is 0 Å². The number of hydrogen-bond acceptors (Lipinski definition) is 3. The van der Waals surface area contributed by atoms with E-state index >= 15 is 0 Å². The SMILES string of the molecule is Cc1c(C)n(Cc2ccc(-c3ccccc3C(=O)O)cc2)c2ccc(C(=O)N[C@@H](C)c3cccc(C4CC4)n3)cc12. The zero-order valence-corrected chi connectivity index (χ0v) is 23.5. The van der Waals surface area contributed by atoms with Gasteiger partial charge >= 0.3 is 5.97 Å². The molecule has 206 valence electrons. The van der Waals surface area contributed by atoms with Crippen LogP contribution in [0.1, 0.15) is 80.6 Å². The van der Waals surface area contributed by atoms with E-state index in [1.165, 1.54) is 12.8 Å². The van der Waals surface area contributed by atoms with Crippen molar-refractivity contribution in [1.82, 2.24) is 14.9 Å². The highest BCUT2D eigenvalue weighted by Crippen LogP contribution is 2.39. The number of nitrogens with one attached hydrogen (secondary N) is 1. The quantitative estimate of drug-likeness (QED) is 0.213. The molecule has 2 heterocycles. The maximum Gasteiger partial charge on any atom is 0.336 e. The molecule has 1 amide bonds. The molecule has 0 spiro atoms. The Hall–Kier alpha value is -4.71. The molecule has 5 aromatic rings. The summed E-state index contributed by atoms with van der Waals surface area (Å²) in [6.07, 6.45) is 2.39. The summed E-state index contributed by atoms with van der Waals surface area (Å²) in [7, 11) is 0. The number of carbonyl (C=O) groups is 2. The van der Waals surface area contributed by atoms with Gasteiger partial charge in [-0.05, 0) is 92.3 Å². The molecule has 6 nitrogen and oxygen atoms in total. The second kappa shape index (κ2) is 10.7. The molecular weight excluding hydrogens is 510 g/mol. The van der Waals surface area contributed by atoms with Crippen molar-refractivity contribution >= 4 is 22.8 Å². The second-order valence-electron chi connectivity index (χ2n) is 11.0. The first-order chi connectivity index (χ1) is 19.8. The average molecular weight is 544 g/mol. The largest absolute Gasteiger partial charge is 0.478 e. The third kappa shape index (κ3) is 5.25. The molecule has 3 aromatic carbocycles. The Balaban J connectivity index is 1.22. The summed E-state index contributed by atoms with van der Waals surface area (Å²) in [5.41, 5.74) is 8.98. The zero-order valence-electron chi connectivity index (χ0n) is 23.5. The van der Waals surface area contributed by atoms with Gasteiger partial charge in [0.05, 0.1) is 17.3 Å². The lowest BCUT2D eigenvalue weighted by Gasteiger charge is -2.15. The zero-order chi connectivity index (χ0) is 28.7. The maximum atomic E-state index is 13.2. The number of carboxylic acid groups (broad SMARTS) is 1. The molecule has 1 aliphatic carbocycles. The summed E-state index contributed by atoms with van der Waals surface area (Å²) in [6.45, 7) is 6.85. The van der Waals surface area contributed by atoms with Crippen LogP contribution in [-0.2, 0) is 6.54 Å². The highest BCUT2D eigenvalue weighted by molar-refractivity contribution is 5.99. The van der Waals surface area contributed by atoms with Crippen LogP contribution in [0.15, 0.2) is 84.9 Å². The third-order valence-electron chi connectivity index (χ3n) is 8.24. The molecule has 1 aliphatic rings. The highest BCUT2D eigenvalue weighted by atomic mass is 16.4. The van der Waals surface area contributed by atoms with Gasteiger partial charge in [0.2, 0.25) is 0 Å². The summed E-state index contributed by atoms with van der Waals surface area (Å²) < 4.78 is 2.27. The number of amides is 1. The number of aryl methyl sites for hydroxylation is 1. The Kier molecular flexibility index (Phi) is 6.91. The van der Waals surface area contributed by atoms with E-state index < -0.39 is 5.97 Å². The average Bonchev–Trinajstić information content (AvgIpc) is 3.82. The van der Waals surface area contributed by atoms with E-state index in [1.54, 1.807) is 12.1 Å². The Labute approximate surface area is 239 Å². The van der Waals surface area contributed by atoms with Crippen LogP contribution in [0.25, 0.3) is 22.0 Å². The summed E-state index contributed by atoms with van der Waals surface area (Å²) in [6, 6.07) is 26.9. The fourth-order valence-corrected chi connectivity index (χ4v) is 5.56. The van der Waals surface area contributed by atoms with Gasteiger partial charge in [-0.15, -0.1) is 0 Å². The van der Waals surface area contributed by atoms with Gasteiger partial charge in [0, 0.05) is 40.3 Å². The maximum absolute atomic E-state index is 13.2. The molecule has 0 bridgehead atoms. The van der Waals surface area contributed by atoms with Gasteiger partial charge in [0.1, 0.15) is 0 Å². The fourth-order valence-electron chi connectivity index (χ4n) is 5.56. The van der Waals surface area contributed by atoms with E-state index in [4.69, 9.17) is 4.98 Å². The van der Waals surface area contributed by atoms with E-state index in [0.717, 1.165) is 44.7 Å². The Bertz CT molecular complexity index is 1780. The summed E-state index contributed by atoms with van der Waals surface area (Å²) in [4.78, 5) is 29.7. The smallest absolute Gasteiger partial charge is 0.336 e. The van der Waals surface area contributed by atoms with E-state index in [1.807, 2.05) is 73.7 Å². The molecule has 0 aliphatic heterocycles. The number of nitrogens with zero attached hydrogens (tertiary/aromatic N) is 2. The third-order valence-corrected chi connectivity index (χ3v) is 8.24. The molecule has 1 fully saturated rings. The van der Waals surface area contributed by atoms with Crippen LogP contribution in [0.5, 0.6) is 0 Å². The number of benzene rings is 3. The number of aromatic carboxylic acids is 1. The monoisotopic (exact) mass is 543 g/mol. The highest BCUT2D eigenvalue weighted by Gasteiger charge is 2.25. The van der Waals surface area contributed by atoms with Crippen LogP contribution >= 0.6 is 0 Å². The van der Waals surface area contributed by atoms with Crippen LogP contribution in [0.2, 0.25) is 0 Å². The summed E-state index contributed by atoms with van der Waals surface area (Å²) in [5.74, 6) is -0.473. The molecule has 1 saturated carbocycles. The van der Waals surface area contributed by atoms with Crippen LogP contribution in [0.3, 0.4) is 0 Å². The summed E-state index contributed by atoms with van der Waals surface area (Å²) in [5, 5.41) is 13.7. The van der Waals surface area contributed by atoms with Crippen molar-refractivity contribution in [2.75, 3.05) is 0 Å². The van der Waals surface area contributed by atoms with Crippen molar-refractivity contribution in [2.45, 2.75) is 52.1 Å². The molecular formula is C35H33N3O3. The number of aromatic nitrogens is 2. The van der Waals surface area contributed by atoms with Crippen LogP contribution in [0, 0.1) is 13.8 Å². The number of carboxylic acids is 1. The van der Waals surface area contributed by atoms with Gasteiger partial charge in [0.15, 0.2) is 0 Å². The van der Waals surface area contributed by atoms with E-state index in [0.29, 0.717) is 29.2 Å². The van der Waals surface area contributed by atoms with Crippen molar-refractivity contribution in [3.05, 3.63) is 124 Å². The van der Waals surface area contributed by atoms with E-state index in [-0.39, 0.29) is 11.9 Å². The van der Waals surface area contributed by atoms with Crippen molar-refractivity contribution < 1.29 is 14.7 Å². The molecule has 1 atom stereocenters. The molecule has 2 aromatic heterocycles. The van der Waals surface area contributed by atoms with Crippen LogP contribution in [-0.4, -0.2) is 26.5 Å².